The van der Waals surface area contributed by atoms with Gasteiger partial charge in [0.15, 0.2) is 5.78 Å². The van der Waals surface area contributed by atoms with Crippen LogP contribution < -0.4 is 15.4 Å². The SMILES string of the molecule is C.C.CC.CCC.CCc1c(/C=C(\C)c2ccc(C(C)=O)cc2OC)cccc1C1=CC=C(OC2CCOCC2)C(C2=CN2)N1. The van der Waals surface area contributed by atoms with Crippen LogP contribution in [0.25, 0.3) is 17.3 Å². The average Bonchev–Trinajstić information content (AvgIpc) is 3.88. The molecule has 0 aromatic heterocycles. The maximum atomic E-state index is 11.8. The van der Waals surface area contributed by atoms with Gasteiger partial charge in [-0.15, -0.1) is 0 Å². The molecular weight excluding hydrogens is 560 g/mol. The molecule has 1 saturated heterocycles. The van der Waals surface area contributed by atoms with E-state index in [1.54, 1.807) is 14.0 Å². The smallest absolute Gasteiger partial charge is 0.159 e. The Balaban J connectivity index is 0.00000137. The van der Waals surface area contributed by atoms with Crippen LogP contribution in [0.5, 0.6) is 5.75 Å². The van der Waals surface area contributed by atoms with Crippen LogP contribution in [0.1, 0.15) is 115 Å². The fraction of sp³-hybridized carbons (Fsp3) is 0.462. The first-order valence-electron chi connectivity index (χ1n) is 15.8. The van der Waals surface area contributed by atoms with E-state index in [1.165, 1.54) is 17.5 Å². The van der Waals surface area contributed by atoms with E-state index < -0.39 is 0 Å². The van der Waals surface area contributed by atoms with Gasteiger partial charge in [0.05, 0.1) is 26.0 Å². The number of benzene rings is 2. The third-order valence-corrected chi connectivity index (χ3v) is 7.35. The molecule has 2 aromatic carbocycles. The van der Waals surface area contributed by atoms with Gasteiger partial charge in [0, 0.05) is 41.4 Å². The van der Waals surface area contributed by atoms with Crippen molar-refractivity contribution in [1.82, 2.24) is 10.6 Å². The van der Waals surface area contributed by atoms with Gasteiger partial charge in [0.2, 0.25) is 0 Å². The number of Topliss-reactive ketones (excluding diaryl/α,β-unsaturated/α-hetero) is 1. The zero-order valence-electron chi connectivity index (χ0n) is 27.3. The van der Waals surface area contributed by atoms with Gasteiger partial charge in [-0.1, -0.05) is 92.3 Å². The minimum Gasteiger partial charge on any atom is -0.496 e. The van der Waals surface area contributed by atoms with Crippen LogP contribution in [0.15, 0.2) is 66.2 Å². The van der Waals surface area contributed by atoms with Crippen molar-refractivity contribution >= 4 is 23.1 Å². The number of ketones is 1. The van der Waals surface area contributed by atoms with Crippen molar-refractivity contribution in [3.05, 3.63) is 94.0 Å². The van der Waals surface area contributed by atoms with E-state index in [9.17, 15) is 4.79 Å². The molecule has 6 nitrogen and oxygen atoms in total. The molecule has 0 saturated carbocycles. The van der Waals surface area contributed by atoms with E-state index in [2.05, 4.69) is 74.8 Å². The summed E-state index contributed by atoms with van der Waals surface area (Å²) in [6, 6.07) is 12.1. The van der Waals surface area contributed by atoms with Crippen molar-refractivity contribution in [3.8, 4) is 5.75 Å². The van der Waals surface area contributed by atoms with Gasteiger partial charge >= 0.3 is 0 Å². The quantitative estimate of drug-likeness (QED) is 0.215. The van der Waals surface area contributed by atoms with Gasteiger partial charge < -0.3 is 24.8 Å². The number of ether oxygens (including phenoxy) is 3. The fourth-order valence-electron chi connectivity index (χ4n) is 5.17. The van der Waals surface area contributed by atoms with Crippen molar-refractivity contribution in [2.24, 2.45) is 0 Å². The summed E-state index contributed by atoms with van der Waals surface area (Å²) < 4.78 is 17.5. The molecule has 3 heterocycles. The van der Waals surface area contributed by atoms with Gasteiger partial charge in [0.25, 0.3) is 0 Å². The molecule has 248 valence electrons. The standard InChI is InChI=1S/C32H36N2O4.C3H8.C2H6.2CH4/c1-5-25-23(17-20(2)26-10-9-22(21(3)35)18-31(26)36-4)7-6-8-27(25)28-11-12-30(32(34-28)29-19-33-29)38-24-13-15-37-16-14-24;1-3-2;1-2;;/h6-12,17-19,24,32-34H,5,13-16H2,1-4H3;3H2,1-2H3;1-2H3;2*1H4/b20-17+;;;;. The van der Waals surface area contributed by atoms with Crippen LogP contribution in [0.4, 0.5) is 0 Å². The summed E-state index contributed by atoms with van der Waals surface area (Å²) in [4.78, 5) is 11.8. The van der Waals surface area contributed by atoms with E-state index >= 15 is 0 Å². The van der Waals surface area contributed by atoms with Gasteiger partial charge in [-0.3, -0.25) is 4.79 Å². The van der Waals surface area contributed by atoms with Crippen molar-refractivity contribution < 1.29 is 19.0 Å². The fourth-order valence-corrected chi connectivity index (χ4v) is 5.17. The van der Waals surface area contributed by atoms with Crippen molar-refractivity contribution in [2.45, 2.75) is 101 Å². The number of carbonyl (C=O) groups excluding carboxylic acids is 1. The summed E-state index contributed by atoms with van der Waals surface area (Å²) in [5.74, 6) is 1.67. The molecule has 3 aliphatic rings. The first-order chi connectivity index (χ1) is 20.9. The largest absolute Gasteiger partial charge is 0.496 e. The summed E-state index contributed by atoms with van der Waals surface area (Å²) >= 11 is 0. The molecule has 0 aliphatic carbocycles. The minimum atomic E-state index is -0.0208. The molecule has 1 unspecified atom stereocenters. The maximum absolute atomic E-state index is 11.8. The summed E-state index contributed by atoms with van der Waals surface area (Å²) in [5.41, 5.74) is 8.53. The number of rotatable bonds is 9. The van der Waals surface area contributed by atoms with E-state index in [-0.39, 0.29) is 32.8 Å². The first kappa shape index (κ1) is 39.3. The highest BCUT2D eigenvalue weighted by molar-refractivity contribution is 5.95. The van der Waals surface area contributed by atoms with Crippen LogP contribution in [-0.2, 0) is 15.9 Å². The normalized spacial score (nSPS) is 16.9. The second-order valence-corrected chi connectivity index (χ2v) is 10.6. The first-order valence-corrected chi connectivity index (χ1v) is 15.8. The average molecular weight is 619 g/mol. The van der Waals surface area contributed by atoms with E-state index in [0.29, 0.717) is 11.3 Å². The highest BCUT2D eigenvalue weighted by Gasteiger charge is 2.31. The van der Waals surface area contributed by atoms with Gasteiger partial charge in [-0.25, -0.2) is 0 Å². The summed E-state index contributed by atoms with van der Waals surface area (Å²) in [7, 11) is 1.64. The summed E-state index contributed by atoms with van der Waals surface area (Å²) in [6.07, 6.45) is 12.6. The van der Waals surface area contributed by atoms with E-state index in [4.69, 9.17) is 14.2 Å². The highest BCUT2D eigenvalue weighted by Crippen LogP contribution is 2.33. The molecule has 3 aliphatic heterocycles. The lowest BCUT2D eigenvalue weighted by molar-refractivity contribution is -0.00752. The molecule has 2 aromatic rings. The highest BCUT2D eigenvalue weighted by atomic mass is 16.5. The lowest BCUT2D eigenvalue weighted by Crippen LogP contribution is -2.36. The van der Waals surface area contributed by atoms with Crippen molar-refractivity contribution in [1.29, 1.82) is 0 Å². The van der Waals surface area contributed by atoms with E-state index in [0.717, 1.165) is 66.3 Å². The summed E-state index contributed by atoms with van der Waals surface area (Å²) in [6.45, 7) is 15.6. The molecule has 0 bridgehead atoms. The molecule has 5 rings (SSSR count). The molecule has 1 atom stereocenters. The van der Waals surface area contributed by atoms with Gasteiger partial charge in [0.1, 0.15) is 23.7 Å². The lowest BCUT2D eigenvalue weighted by Gasteiger charge is -2.31. The van der Waals surface area contributed by atoms with Crippen molar-refractivity contribution in [3.63, 3.8) is 0 Å². The van der Waals surface area contributed by atoms with Crippen LogP contribution >= 0.6 is 0 Å². The van der Waals surface area contributed by atoms with Gasteiger partial charge in [-0.2, -0.15) is 0 Å². The van der Waals surface area contributed by atoms with Crippen molar-refractivity contribution in [2.75, 3.05) is 20.3 Å². The predicted octanol–water partition coefficient (Wildman–Crippen LogP) is 9.57. The zero-order valence-corrected chi connectivity index (χ0v) is 27.3. The number of hydrogen-bond donors (Lipinski definition) is 2. The Morgan fingerprint density at radius 2 is 1.69 bits per heavy atom. The third kappa shape index (κ3) is 10.4. The van der Waals surface area contributed by atoms with Crippen LogP contribution in [0.3, 0.4) is 0 Å². The number of nitrogens with one attached hydrogen (secondary N) is 2. The Morgan fingerprint density at radius 1 is 1.02 bits per heavy atom. The number of dihydropyridines is 1. The third-order valence-electron chi connectivity index (χ3n) is 7.35. The molecule has 2 N–H and O–H groups in total. The monoisotopic (exact) mass is 618 g/mol. The maximum Gasteiger partial charge on any atom is 0.159 e. The minimum absolute atomic E-state index is 0. The van der Waals surface area contributed by atoms with Crippen LogP contribution in [0, 0.1) is 0 Å². The van der Waals surface area contributed by atoms with Crippen LogP contribution in [0.2, 0.25) is 0 Å². The lowest BCUT2D eigenvalue weighted by atomic mass is 9.92. The number of methoxy groups -OCH3 is 1. The van der Waals surface area contributed by atoms with E-state index in [1.807, 2.05) is 38.2 Å². The Morgan fingerprint density at radius 3 is 2.27 bits per heavy atom. The number of allylic oxidation sites excluding steroid dienone is 3. The topological polar surface area (TPSA) is 78.7 Å². The Bertz CT molecular complexity index is 1360. The molecule has 0 amide bonds. The molecule has 0 spiro atoms. The van der Waals surface area contributed by atoms with Gasteiger partial charge in [-0.05, 0) is 55.2 Å². The second kappa shape index (κ2) is 19.6. The summed E-state index contributed by atoms with van der Waals surface area (Å²) in [5, 5.41) is 6.99. The predicted molar refractivity (Wildman–Crippen MR) is 192 cm³/mol. The molecular formula is C39H58N2O4. The Labute approximate surface area is 273 Å². The molecule has 6 heteroatoms. The molecule has 1 fully saturated rings. The molecule has 0 radical (unpaired) electrons. The Hall–Kier alpha value is -3.77. The Kier molecular flexibility index (Phi) is 17.1. The second-order valence-electron chi connectivity index (χ2n) is 10.6. The van der Waals surface area contributed by atoms with Crippen LogP contribution in [-0.4, -0.2) is 38.3 Å². The molecule has 45 heavy (non-hydrogen) atoms. The number of carbonyl (C=O) groups is 1. The zero-order chi connectivity index (χ0) is 31.4. The number of hydrogen-bond acceptors (Lipinski definition) is 6.